The van der Waals surface area contributed by atoms with Gasteiger partial charge < -0.3 is 9.47 Å². The van der Waals surface area contributed by atoms with Crippen LogP contribution in [0.2, 0.25) is 5.02 Å². The number of hydrogen-bond donors (Lipinski definition) is 0. The van der Waals surface area contributed by atoms with Crippen molar-refractivity contribution in [1.82, 2.24) is 9.97 Å². The number of aromatic nitrogens is 2. The highest BCUT2D eigenvalue weighted by Crippen LogP contribution is 2.35. The maximum Gasteiger partial charge on any atom is 0.269 e. The predicted molar refractivity (Wildman–Crippen MR) is 151 cm³/mol. The van der Waals surface area contributed by atoms with E-state index in [9.17, 15) is 8.42 Å². The van der Waals surface area contributed by atoms with Gasteiger partial charge in [0.2, 0.25) is 0 Å². The fourth-order valence-electron chi connectivity index (χ4n) is 4.12. The monoisotopic (exact) mass is 583 g/mol. The van der Waals surface area contributed by atoms with Crippen molar-refractivity contribution >= 4 is 48.9 Å². The molecule has 0 saturated heterocycles. The Hall–Kier alpha value is -3.73. The van der Waals surface area contributed by atoms with Crippen LogP contribution in [0.1, 0.15) is 16.7 Å². The van der Waals surface area contributed by atoms with Crippen molar-refractivity contribution in [3.63, 3.8) is 0 Å². The Balaban J connectivity index is 1.46. The van der Waals surface area contributed by atoms with E-state index in [1.165, 1.54) is 6.20 Å². The van der Waals surface area contributed by atoms with Gasteiger partial charge in [0, 0.05) is 35.4 Å². The van der Waals surface area contributed by atoms with Crippen LogP contribution in [0.4, 0.5) is 9.52 Å². The molecule has 0 aliphatic rings. The lowest BCUT2D eigenvalue weighted by molar-refractivity contribution is 0.305. The molecule has 2 heterocycles. The topological polar surface area (TPSA) is 81.6 Å². The quantitative estimate of drug-likeness (QED) is 0.190. The summed E-state index contributed by atoms with van der Waals surface area (Å²) >= 11 is 7.56. The van der Waals surface area contributed by atoms with E-state index in [1.54, 1.807) is 43.1 Å². The SMILES string of the molecule is COc1ccc(CN(c2nccs2)S(=O)(=O)c2cc(Cl)c(OCc3cccc4ccncc34)cc2F)c(C)c1. The molecule has 0 saturated carbocycles. The van der Waals surface area contributed by atoms with Crippen LogP contribution in [0, 0.1) is 12.7 Å². The summed E-state index contributed by atoms with van der Waals surface area (Å²) in [6.45, 7) is 1.88. The van der Waals surface area contributed by atoms with Gasteiger partial charge in [-0.3, -0.25) is 4.98 Å². The van der Waals surface area contributed by atoms with Gasteiger partial charge in [0.15, 0.2) is 5.13 Å². The number of rotatable bonds is 9. The highest BCUT2D eigenvalue weighted by atomic mass is 35.5. The molecule has 11 heteroatoms. The smallest absolute Gasteiger partial charge is 0.269 e. The van der Waals surface area contributed by atoms with Gasteiger partial charge in [0.25, 0.3) is 10.0 Å². The summed E-state index contributed by atoms with van der Waals surface area (Å²) in [6.07, 6.45) is 4.92. The molecule has 0 amide bonds. The van der Waals surface area contributed by atoms with Crippen LogP contribution in [0.3, 0.4) is 0 Å². The molecule has 200 valence electrons. The average Bonchev–Trinajstić information content (AvgIpc) is 3.46. The molecule has 2 aromatic heterocycles. The highest BCUT2D eigenvalue weighted by molar-refractivity contribution is 7.93. The Morgan fingerprint density at radius 2 is 1.92 bits per heavy atom. The second-order valence-corrected chi connectivity index (χ2v) is 11.7. The normalized spacial score (nSPS) is 11.5. The molecule has 3 aromatic carbocycles. The summed E-state index contributed by atoms with van der Waals surface area (Å²) in [4.78, 5) is 7.76. The zero-order valence-electron chi connectivity index (χ0n) is 21.0. The third-order valence-electron chi connectivity index (χ3n) is 6.21. The maximum atomic E-state index is 15.4. The van der Waals surface area contributed by atoms with E-state index >= 15 is 4.39 Å². The number of thiazole rings is 1. The van der Waals surface area contributed by atoms with Gasteiger partial charge in [-0.15, -0.1) is 11.3 Å². The minimum Gasteiger partial charge on any atom is -0.497 e. The van der Waals surface area contributed by atoms with E-state index < -0.39 is 20.7 Å². The Morgan fingerprint density at radius 3 is 2.67 bits per heavy atom. The number of hydrogen-bond acceptors (Lipinski definition) is 7. The predicted octanol–water partition coefficient (Wildman–Crippen LogP) is 6.78. The first-order valence-electron chi connectivity index (χ1n) is 11.8. The van der Waals surface area contributed by atoms with Gasteiger partial charge in [-0.2, -0.15) is 0 Å². The van der Waals surface area contributed by atoms with Crippen molar-refractivity contribution in [2.45, 2.75) is 25.0 Å². The minimum atomic E-state index is -4.39. The molecule has 39 heavy (non-hydrogen) atoms. The van der Waals surface area contributed by atoms with Crippen LogP contribution in [-0.4, -0.2) is 25.5 Å². The molecule has 0 N–H and O–H groups in total. The Morgan fingerprint density at radius 1 is 1.08 bits per heavy atom. The first-order valence-corrected chi connectivity index (χ1v) is 14.5. The molecule has 0 unspecified atom stereocenters. The van der Waals surface area contributed by atoms with Crippen LogP contribution in [0.15, 0.2) is 83.5 Å². The summed E-state index contributed by atoms with van der Waals surface area (Å²) in [5, 5.41) is 3.70. The zero-order valence-corrected chi connectivity index (χ0v) is 23.4. The Bertz CT molecular complexity index is 1740. The van der Waals surface area contributed by atoms with E-state index in [0.29, 0.717) is 11.3 Å². The molecule has 5 rings (SSSR count). The maximum absolute atomic E-state index is 15.4. The van der Waals surface area contributed by atoms with Crippen LogP contribution < -0.4 is 13.8 Å². The van der Waals surface area contributed by atoms with Crippen LogP contribution in [0.5, 0.6) is 11.5 Å². The summed E-state index contributed by atoms with van der Waals surface area (Å²) < 4.78 is 55.2. The lowest BCUT2D eigenvalue weighted by Gasteiger charge is -2.23. The molecule has 5 aromatic rings. The number of pyridine rings is 1. The van der Waals surface area contributed by atoms with Crippen molar-refractivity contribution in [1.29, 1.82) is 0 Å². The Kier molecular flexibility index (Phi) is 7.69. The fraction of sp³-hybridized carbons (Fsp3) is 0.143. The highest BCUT2D eigenvalue weighted by Gasteiger charge is 2.31. The van der Waals surface area contributed by atoms with Gasteiger partial charge in [0.05, 0.1) is 18.7 Å². The molecule has 0 radical (unpaired) electrons. The van der Waals surface area contributed by atoms with Gasteiger partial charge in [-0.25, -0.2) is 22.1 Å². The molecular formula is C28H23ClFN3O4S2. The van der Waals surface area contributed by atoms with Crippen LogP contribution >= 0.6 is 22.9 Å². The summed E-state index contributed by atoms with van der Waals surface area (Å²) in [6, 6.07) is 15.0. The molecule has 7 nitrogen and oxygen atoms in total. The fourth-order valence-corrected chi connectivity index (χ4v) is 6.74. The number of sulfonamides is 1. The van der Waals surface area contributed by atoms with Crippen molar-refractivity contribution < 1.29 is 22.3 Å². The van der Waals surface area contributed by atoms with Gasteiger partial charge >= 0.3 is 0 Å². The number of halogens is 2. The number of methoxy groups -OCH3 is 1. The zero-order chi connectivity index (χ0) is 27.6. The molecule has 0 aliphatic carbocycles. The molecule has 0 aliphatic heterocycles. The van der Waals surface area contributed by atoms with Crippen molar-refractivity contribution in [3.8, 4) is 11.5 Å². The molecular weight excluding hydrogens is 561 g/mol. The van der Waals surface area contributed by atoms with E-state index in [0.717, 1.165) is 49.7 Å². The number of nitrogens with zero attached hydrogens (tertiary/aromatic N) is 3. The largest absolute Gasteiger partial charge is 0.497 e. The Labute approximate surface area is 234 Å². The van der Waals surface area contributed by atoms with E-state index in [-0.39, 0.29) is 29.1 Å². The lowest BCUT2D eigenvalue weighted by atomic mass is 10.1. The van der Waals surface area contributed by atoms with Gasteiger partial charge in [-0.1, -0.05) is 35.9 Å². The van der Waals surface area contributed by atoms with Crippen molar-refractivity contribution in [3.05, 3.63) is 106 Å². The summed E-state index contributed by atoms with van der Waals surface area (Å²) in [5.74, 6) is -0.309. The molecule has 0 bridgehead atoms. The molecule has 0 spiro atoms. The summed E-state index contributed by atoms with van der Waals surface area (Å²) in [7, 11) is -2.84. The van der Waals surface area contributed by atoms with E-state index in [4.69, 9.17) is 21.1 Å². The number of fused-ring (bicyclic) bond motifs is 1. The molecule has 0 atom stereocenters. The van der Waals surface area contributed by atoms with Crippen molar-refractivity contribution in [2.24, 2.45) is 0 Å². The number of ether oxygens (including phenoxy) is 2. The number of anilines is 1. The number of aryl methyl sites for hydroxylation is 1. The van der Waals surface area contributed by atoms with Crippen LogP contribution in [0.25, 0.3) is 10.8 Å². The van der Waals surface area contributed by atoms with Gasteiger partial charge in [0.1, 0.15) is 28.8 Å². The molecule has 0 fully saturated rings. The lowest BCUT2D eigenvalue weighted by Crippen LogP contribution is -2.31. The second kappa shape index (κ2) is 11.2. The van der Waals surface area contributed by atoms with E-state index in [2.05, 4.69) is 9.97 Å². The number of benzene rings is 3. The van der Waals surface area contributed by atoms with E-state index in [1.807, 2.05) is 31.2 Å². The first kappa shape index (κ1) is 26.9. The first-order chi connectivity index (χ1) is 18.8. The van der Waals surface area contributed by atoms with Gasteiger partial charge in [-0.05, 0) is 53.3 Å². The second-order valence-electron chi connectivity index (χ2n) is 8.63. The van der Waals surface area contributed by atoms with Crippen LogP contribution in [-0.2, 0) is 23.2 Å². The standard InChI is InChI=1S/C28H23ClFN3O4S2/c1-18-12-22(36-2)7-6-20(18)16-33(28-32-10-11-38-28)39(34,35)27-13-24(29)26(14-25(27)30)37-17-21-5-3-4-19-8-9-31-15-23(19)21/h3-15H,16-17H2,1-2H3. The summed E-state index contributed by atoms with van der Waals surface area (Å²) in [5.41, 5.74) is 2.36. The average molecular weight is 584 g/mol. The minimum absolute atomic E-state index is 0.0285. The third-order valence-corrected chi connectivity index (χ3v) is 9.16. The third kappa shape index (κ3) is 5.54. The van der Waals surface area contributed by atoms with Crippen molar-refractivity contribution in [2.75, 3.05) is 11.4 Å².